The van der Waals surface area contributed by atoms with Crippen LogP contribution in [0.3, 0.4) is 0 Å². The van der Waals surface area contributed by atoms with Gasteiger partial charge in [-0.3, -0.25) is 4.57 Å². The van der Waals surface area contributed by atoms with Crippen LogP contribution >= 0.6 is 7.92 Å². The second-order valence-electron chi connectivity index (χ2n) is 6.40. The lowest BCUT2D eigenvalue weighted by Gasteiger charge is -2.20. The molecule has 0 unspecified atom stereocenters. The average molecular weight is 374 g/mol. The number of hydrogen-bond donors (Lipinski definition) is 0. The number of halogens is 1. The van der Waals surface area contributed by atoms with E-state index in [4.69, 9.17) is 4.98 Å². The van der Waals surface area contributed by atoms with Crippen molar-refractivity contribution in [1.29, 1.82) is 0 Å². The van der Waals surface area contributed by atoms with Crippen LogP contribution in [0.25, 0.3) is 5.69 Å². The molecule has 0 aliphatic heterocycles. The van der Waals surface area contributed by atoms with E-state index in [1.165, 1.54) is 22.7 Å². The summed E-state index contributed by atoms with van der Waals surface area (Å²) in [5.74, 6) is -0.233. The van der Waals surface area contributed by atoms with Crippen LogP contribution in [0.1, 0.15) is 11.4 Å². The number of benzene rings is 3. The number of aryl methyl sites for hydroxylation is 1. The number of aromatic nitrogens is 2. The quantitative estimate of drug-likeness (QED) is 0.485. The van der Waals surface area contributed by atoms with Gasteiger partial charge in [-0.05, 0) is 48.7 Å². The summed E-state index contributed by atoms with van der Waals surface area (Å²) in [5, 5.41) is 2.49. The van der Waals surface area contributed by atoms with Crippen molar-refractivity contribution < 1.29 is 4.39 Å². The van der Waals surface area contributed by atoms with E-state index in [0.717, 1.165) is 22.6 Å². The van der Waals surface area contributed by atoms with Crippen molar-refractivity contribution in [3.05, 3.63) is 102 Å². The van der Waals surface area contributed by atoms with Gasteiger partial charge in [-0.1, -0.05) is 60.7 Å². The van der Waals surface area contributed by atoms with Gasteiger partial charge in [0.05, 0.1) is 5.69 Å². The van der Waals surface area contributed by atoms with Crippen molar-refractivity contribution >= 4 is 24.1 Å². The maximum Gasteiger partial charge on any atom is 0.145 e. The second-order valence-corrected chi connectivity index (χ2v) is 8.50. The molecule has 134 valence electrons. The lowest BCUT2D eigenvalue weighted by Crippen LogP contribution is -2.27. The maximum absolute atomic E-state index is 13.5. The number of nitrogens with zero attached hydrogens (tertiary/aromatic N) is 2. The molecule has 0 atom stereocenters. The van der Waals surface area contributed by atoms with Gasteiger partial charge in [0.1, 0.15) is 11.4 Å². The average Bonchev–Trinajstić information content (AvgIpc) is 2.99. The van der Waals surface area contributed by atoms with Crippen LogP contribution in [0.5, 0.6) is 0 Å². The van der Waals surface area contributed by atoms with Crippen LogP contribution in [0.2, 0.25) is 0 Å². The summed E-state index contributed by atoms with van der Waals surface area (Å²) >= 11 is 0. The molecule has 0 N–H and O–H groups in total. The lowest BCUT2D eigenvalue weighted by molar-refractivity contribution is 0.627. The van der Waals surface area contributed by atoms with E-state index >= 15 is 0 Å². The normalized spacial score (nSPS) is 11.1. The van der Waals surface area contributed by atoms with Crippen molar-refractivity contribution in [2.45, 2.75) is 13.8 Å². The van der Waals surface area contributed by atoms with Crippen LogP contribution in [-0.4, -0.2) is 9.55 Å². The van der Waals surface area contributed by atoms with Gasteiger partial charge in [0.2, 0.25) is 0 Å². The highest BCUT2D eigenvalue weighted by atomic mass is 31.1. The van der Waals surface area contributed by atoms with Crippen molar-refractivity contribution in [2.24, 2.45) is 0 Å². The second kappa shape index (κ2) is 7.46. The molecule has 0 radical (unpaired) electrons. The minimum absolute atomic E-state index is 0.233. The summed E-state index contributed by atoms with van der Waals surface area (Å²) in [4.78, 5) is 4.96. The Morgan fingerprint density at radius 1 is 0.741 bits per heavy atom. The van der Waals surface area contributed by atoms with Crippen LogP contribution in [-0.2, 0) is 0 Å². The Balaban J connectivity index is 1.96. The number of imidazole rings is 1. The fourth-order valence-electron chi connectivity index (χ4n) is 3.18. The Labute approximate surface area is 160 Å². The molecule has 0 saturated carbocycles. The monoisotopic (exact) mass is 374 g/mol. The van der Waals surface area contributed by atoms with Gasteiger partial charge >= 0.3 is 0 Å². The van der Waals surface area contributed by atoms with Gasteiger partial charge in [-0.25, -0.2) is 9.37 Å². The molecular formula is C23H20FN2P. The molecule has 4 heteroatoms. The highest BCUT2D eigenvalue weighted by Crippen LogP contribution is 2.34. The molecule has 4 rings (SSSR count). The van der Waals surface area contributed by atoms with Gasteiger partial charge < -0.3 is 0 Å². The zero-order valence-electron chi connectivity index (χ0n) is 15.3. The molecular weight excluding hydrogens is 354 g/mol. The molecule has 4 aromatic rings. The first-order valence-electron chi connectivity index (χ1n) is 8.87. The molecule has 0 amide bonds. The Morgan fingerprint density at radius 2 is 1.26 bits per heavy atom. The SMILES string of the molecule is Cc1nc(P(c2ccccc2)c2ccccc2)n(-c2ccc(F)cc2)c1C. The fraction of sp³-hybridized carbons (Fsp3) is 0.0870. The molecule has 0 bridgehead atoms. The van der Waals surface area contributed by atoms with Gasteiger partial charge in [0.15, 0.2) is 0 Å². The smallest absolute Gasteiger partial charge is 0.145 e. The fourth-order valence-corrected chi connectivity index (χ4v) is 5.59. The first-order valence-corrected chi connectivity index (χ1v) is 10.2. The molecule has 2 nitrogen and oxygen atoms in total. The predicted octanol–water partition coefficient (Wildman–Crippen LogP) is 4.39. The van der Waals surface area contributed by atoms with Crippen molar-refractivity contribution in [3.63, 3.8) is 0 Å². The zero-order chi connectivity index (χ0) is 18.8. The van der Waals surface area contributed by atoms with E-state index in [1.807, 2.05) is 31.2 Å². The summed E-state index contributed by atoms with van der Waals surface area (Å²) in [5.41, 5.74) is 4.01. The highest BCUT2D eigenvalue weighted by molar-refractivity contribution is 7.79. The van der Waals surface area contributed by atoms with Crippen LogP contribution < -0.4 is 16.2 Å². The van der Waals surface area contributed by atoms with E-state index in [2.05, 4.69) is 60.0 Å². The largest absolute Gasteiger partial charge is 0.297 e. The van der Waals surface area contributed by atoms with Gasteiger partial charge in [0.25, 0.3) is 0 Å². The maximum atomic E-state index is 13.5. The van der Waals surface area contributed by atoms with Gasteiger partial charge in [0, 0.05) is 19.3 Å². The molecule has 0 aliphatic rings. The Bertz CT molecular complexity index is 1000. The van der Waals surface area contributed by atoms with Crippen LogP contribution in [0.4, 0.5) is 4.39 Å². The number of rotatable bonds is 4. The third-order valence-electron chi connectivity index (χ3n) is 4.64. The summed E-state index contributed by atoms with van der Waals surface area (Å²) in [6.07, 6.45) is 0. The first kappa shape index (κ1) is 17.6. The summed E-state index contributed by atoms with van der Waals surface area (Å²) in [6, 6.07) is 27.6. The standard InChI is InChI=1S/C23H20FN2P/c1-17-18(2)26(20-15-13-19(24)14-16-20)23(25-17)27(21-9-5-3-6-10-21)22-11-7-4-8-12-22/h3-16H,1-2H3. The molecule has 3 aromatic carbocycles. The van der Waals surface area contributed by atoms with Crippen molar-refractivity contribution in [3.8, 4) is 5.69 Å². The molecule has 0 spiro atoms. The third kappa shape index (κ3) is 3.43. The Hall–Kier alpha value is -2.77. The van der Waals surface area contributed by atoms with E-state index < -0.39 is 7.92 Å². The van der Waals surface area contributed by atoms with Gasteiger partial charge in [-0.2, -0.15) is 0 Å². The predicted molar refractivity (Wildman–Crippen MR) is 112 cm³/mol. The molecule has 0 saturated heterocycles. The Morgan fingerprint density at radius 3 is 1.78 bits per heavy atom. The number of hydrogen-bond acceptors (Lipinski definition) is 1. The third-order valence-corrected chi connectivity index (χ3v) is 6.97. The molecule has 0 aliphatic carbocycles. The zero-order valence-corrected chi connectivity index (χ0v) is 16.2. The topological polar surface area (TPSA) is 17.8 Å². The Kier molecular flexibility index (Phi) is 4.87. The van der Waals surface area contributed by atoms with Gasteiger partial charge in [-0.15, -0.1) is 0 Å². The first-order chi connectivity index (χ1) is 13.1. The van der Waals surface area contributed by atoms with Crippen molar-refractivity contribution in [1.82, 2.24) is 9.55 Å². The van der Waals surface area contributed by atoms with Crippen LogP contribution in [0, 0.1) is 19.7 Å². The highest BCUT2D eigenvalue weighted by Gasteiger charge is 2.24. The van der Waals surface area contributed by atoms with E-state index in [9.17, 15) is 4.39 Å². The summed E-state index contributed by atoms with van der Waals surface area (Å²) < 4.78 is 15.6. The molecule has 0 fully saturated rings. The molecule has 1 aromatic heterocycles. The molecule has 27 heavy (non-hydrogen) atoms. The lowest BCUT2D eigenvalue weighted by atomic mass is 10.3. The van der Waals surface area contributed by atoms with E-state index in [0.29, 0.717) is 0 Å². The minimum atomic E-state index is -0.835. The summed E-state index contributed by atoms with van der Waals surface area (Å²) in [6.45, 7) is 4.10. The minimum Gasteiger partial charge on any atom is -0.297 e. The van der Waals surface area contributed by atoms with E-state index in [-0.39, 0.29) is 5.82 Å². The van der Waals surface area contributed by atoms with Crippen molar-refractivity contribution in [2.75, 3.05) is 0 Å². The summed E-state index contributed by atoms with van der Waals surface area (Å²) in [7, 11) is -0.835. The van der Waals surface area contributed by atoms with Crippen LogP contribution in [0.15, 0.2) is 84.9 Å². The molecule has 1 heterocycles. The van der Waals surface area contributed by atoms with E-state index in [1.54, 1.807) is 0 Å².